The van der Waals surface area contributed by atoms with Crippen LogP contribution in [0.15, 0.2) is 41.2 Å². The van der Waals surface area contributed by atoms with E-state index >= 15 is 0 Å². The van der Waals surface area contributed by atoms with Gasteiger partial charge in [-0.3, -0.25) is 9.59 Å². The third-order valence-corrected chi connectivity index (χ3v) is 2.62. The highest BCUT2D eigenvalue weighted by molar-refractivity contribution is 6.02. The van der Waals surface area contributed by atoms with E-state index in [9.17, 15) is 9.59 Å². The molecule has 0 aliphatic rings. The fourth-order valence-electron chi connectivity index (χ4n) is 1.62. The molecule has 0 saturated carbocycles. The highest BCUT2D eigenvalue weighted by atomic mass is 16.5. The third kappa shape index (κ3) is 3.23. The van der Waals surface area contributed by atoms with Gasteiger partial charge in [-0.25, -0.2) is 4.68 Å². The van der Waals surface area contributed by atoms with Gasteiger partial charge in [0.1, 0.15) is 11.4 Å². The molecule has 0 aliphatic carbocycles. The van der Waals surface area contributed by atoms with Crippen molar-refractivity contribution in [1.82, 2.24) is 9.78 Å². The summed E-state index contributed by atoms with van der Waals surface area (Å²) in [5.74, 6) is 0.371. The van der Waals surface area contributed by atoms with Gasteiger partial charge in [-0.05, 0) is 37.3 Å². The monoisotopic (exact) mass is 273 g/mol. The number of amides is 1. The number of ether oxygens (including phenoxy) is 1. The van der Waals surface area contributed by atoms with Crippen LogP contribution in [-0.2, 0) is 7.05 Å². The lowest BCUT2D eigenvalue weighted by Gasteiger charge is -2.07. The van der Waals surface area contributed by atoms with Gasteiger partial charge in [-0.2, -0.15) is 5.10 Å². The molecule has 20 heavy (non-hydrogen) atoms. The summed E-state index contributed by atoms with van der Waals surface area (Å²) in [5, 5.41) is 6.59. The van der Waals surface area contributed by atoms with Crippen LogP contribution in [0.4, 0.5) is 5.69 Å². The lowest BCUT2D eigenvalue weighted by atomic mass is 10.3. The van der Waals surface area contributed by atoms with E-state index in [2.05, 4.69) is 10.4 Å². The van der Waals surface area contributed by atoms with Crippen molar-refractivity contribution in [3.63, 3.8) is 0 Å². The summed E-state index contributed by atoms with van der Waals surface area (Å²) in [6, 6.07) is 9.72. The van der Waals surface area contributed by atoms with Crippen LogP contribution in [0.5, 0.6) is 5.75 Å². The number of hydrogen-bond donors (Lipinski definition) is 1. The Labute approximate surface area is 116 Å². The van der Waals surface area contributed by atoms with E-state index in [1.165, 1.54) is 19.2 Å². The second-order valence-electron chi connectivity index (χ2n) is 4.09. The minimum absolute atomic E-state index is 0.181. The molecule has 104 valence electrons. The molecule has 1 heterocycles. The van der Waals surface area contributed by atoms with E-state index in [0.29, 0.717) is 12.3 Å². The van der Waals surface area contributed by atoms with Crippen LogP contribution < -0.4 is 15.6 Å². The van der Waals surface area contributed by atoms with E-state index in [0.717, 1.165) is 10.4 Å². The quantitative estimate of drug-likeness (QED) is 0.914. The van der Waals surface area contributed by atoms with Crippen LogP contribution in [0.3, 0.4) is 0 Å². The van der Waals surface area contributed by atoms with Crippen molar-refractivity contribution in [2.24, 2.45) is 7.05 Å². The topological polar surface area (TPSA) is 73.2 Å². The molecule has 6 heteroatoms. The van der Waals surface area contributed by atoms with Gasteiger partial charge < -0.3 is 10.1 Å². The summed E-state index contributed by atoms with van der Waals surface area (Å²) in [5.41, 5.74) is 0.553. The zero-order valence-corrected chi connectivity index (χ0v) is 11.3. The molecule has 0 radical (unpaired) electrons. The predicted molar refractivity (Wildman–Crippen MR) is 75.0 cm³/mol. The zero-order chi connectivity index (χ0) is 14.5. The van der Waals surface area contributed by atoms with Gasteiger partial charge in [-0.1, -0.05) is 0 Å². The Morgan fingerprint density at radius 3 is 2.55 bits per heavy atom. The number of aryl methyl sites for hydroxylation is 1. The number of rotatable bonds is 4. The Morgan fingerprint density at radius 1 is 1.25 bits per heavy atom. The smallest absolute Gasteiger partial charge is 0.276 e. The molecular weight excluding hydrogens is 258 g/mol. The van der Waals surface area contributed by atoms with Crippen LogP contribution in [-0.4, -0.2) is 22.3 Å². The largest absolute Gasteiger partial charge is 0.494 e. The van der Waals surface area contributed by atoms with Crippen molar-refractivity contribution in [3.8, 4) is 5.75 Å². The minimum atomic E-state index is -0.371. The van der Waals surface area contributed by atoms with Gasteiger partial charge in [0.25, 0.3) is 11.5 Å². The zero-order valence-electron chi connectivity index (χ0n) is 11.3. The average molecular weight is 273 g/mol. The SMILES string of the molecule is CCOc1ccc(NC(=O)c2ccc(=O)n(C)n2)cc1. The molecule has 0 unspecified atom stereocenters. The number of nitrogens with zero attached hydrogens (tertiary/aromatic N) is 2. The number of benzene rings is 1. The maximum absolute atomic E-state index is 12.0. The van der Waals surface area contributed by atoms with Gasteiger partial charge in [0.2, 0.25) is 0 Å². The molecule has 2 aromatic rings. The fourth-order valence-corrected chi connectivity index (χ4v) is 1.62. The van der Waals surface area contributed by atoms with E-state index < -0.39 is 0 Å². The summed E-state index contributed by atoms with van der Waals surface area (Å²) in [6.45, 7) is 2.49. The number of carbonyl (C=O) groups is 1. The first kappa shape index (κ1) is 13.8. The van der Waals surface area contributed by atoms with Gasteiger partial charge in [0.15, 0.2) is 0 Å². The molecule has 1 N–H and O–H groups in total. The van der Waals surface area contributed by atoms with Crippen molar-refractivity contribution in [2.75, 3.05) is 11.9 Å². The first-order valence-electron chi connectivity index (χ1n) is 6.18. The number of anilines is 1. The molecule has 0 atom stereocenters. The summed E-state index contributed by atoms with van der Waals surface area (Å²) in [7, 11) is 1.50. The van der Waals surface area contributed by atoms with Crippen molar-refractivity contribution in [3.05, 3.63) is 52.4 Å². The van der Waals surface area contributed by atoms with Gasteiger partial charge in [0, 0.05) is 18.8 Å². The molecule has 0 saturated heterocycles. The Morgan fingerprint density at radius 2 is 1.95 bits per heavy atom. The first-order valence-corrected chi connectivity index (χ1v) is 6.18. The third-order valence-electron chi connectivity index (χ3n) is 2.62. The van der Waals surface area contributed by atoms with E-state index in [1.54, 1.807) is 24.3 Å². The lowest BCUT2D eigenvalue weighted by Crippen LogP contribution is -2.23. The molecule has 0 spiro atoms. The van der Waals surface area contributed by atoms with E-state index in [-0.39, 0.29) is 17.2 Å². The highest BCUT2D eigenvalue weighted by Crippen LogP contribution is 2.15. The van der Waals surface area contributed by atoms with Crippen molar-refractivity contribution >= 4 is 11.6 Å². The predicted octanol–water partition coefficient (Wildman–Crippen LogP) is 1.43. The molecule has 0 aliphatic heterocycles. The molecule has 2 rings (SSSR count). The van der Waals surface area contributed by atoms with Crippen LogP contribution in [0.25, 0.3) is 0 Å². The summed E-state index contributed by atoms with van der Waals surface area (Å²) in [6.07, 6.45) is 0. The molecule has 1 aromatic heterocycles. The first-order chi connectivity index (χ1) is 9.60. The molecule has 0 fully saturated rings. The standard InChI is InChI=1S/C14H15N3O3/c1-3-20-11-6-4-10(5-7-11)15-14(19)12-8-9-13(18)17(2)16-12/h4-9H,3H2,1-2H3,(H,15,19). The Bertz CT molecular complexity index is 662. The van der Waals surface area contributed by atoms with Crippen molar-refractivity contribution < 1.29 is 9.53 Å². The van der Waals surface area contributed by atoms with Gasteiger partial charge in [-0.15, -0.1) is 0 Å². The number of aromatic nitrogens is 2. The van der Waals surface area contributed by atoms with Crippen LogP contribution >= 0.6 is 0 Å². The summed E-state index contributed by atoms with van der Waals surface area (Å²) >= 11 is 0. The average Bonchev–Trinajstić information content (AvgIpc) is 2.44. The lowest BCUT2D eigenvalue weighted by molar-refractivity contribution is 0.102. The van der Waals surface area contributed by atoms with Gasteiger partial charge >= 0.3 is 0 Å². The molecule has 6 nitrogen and oxygen atoms in total. The number of hydrogen-bond acceptors (Lipinski definition) is 4. The molecule has 0 bridgehead atoms. The second-order valence-corrected chi connectivity index (χ2v) is 4.09. The molecule has 1 amide bonds. The highest BCUT2D eigenvalue weighted by Gasteiger charge is 2.08. The van der Waals surface area contributed by atoms with Crippen molar-refractivity contribution in [1.29, 1.82) is 0 Å². The fraction of sp³-hybridized carbons (Fsp3) is 0.214. The second kappa shape index (κ2) is 6.01. The van der Waals surface area contributed by atoms with E-state index in [1.807, 2.05) is 6.92 Å². The minimum Gasteiger partial charge on any atom is -0.494 e. The maximum Gasteiger partial charge on any atom is 0.276 e. The van der Waals surface area contributed by atoms with Crippen LogP contribution in [0.2, 0.25) is 0 Å². The number of nitrogens with one attached hydrogen (secondary N) is 1. The normalized spacial score (nSPS) is 10.1. The van der Waals surface area contributed by atoms with Crippen LogP contribution in [0.1, 0.15) is 17.4 Å². The number of carbonyl (C=O) groups excluding carboxylic acids is 1. The maximum atomic E-state index is 12.0. The summed E-state index contributed by atoms with van der Waals surface area (Å²) < 4.78 is 6.43. The summed E-state index contributed by atoms with van der Waals surface area (Å²) in [4.78, 5) is 23.2. The Balaban J connectivity index is 2.10. The molecule has 1 aromatic carbocycles. The Kier molecular flexibility index (Phi) is 4.14. The van der Waals surface area contributed by atoms with E-state index in [4.69, 9.17) is 4.74 Å². The molecular formula is C14H15N3O3. The van der Waals surface area contributed by atoms with Gasteiger partial charge in [0.05, 0.1) is 6.61 Å². The van der Waals surface area contributed by atoms with Crippen molar-refractivity contribution in [2.45, 2.75) is 6.92 Å². The van der Waals surface area contributed by atoms with Crippen LogP contribution in [0, 0.1) is 0 Å². The Hall–Kier alpha value is -2.63.